The molecule has 8 heteroatoms. The summed E-state index contributed by atoms with van der Waals surface area (Å²) >= 11 is 11.9. The van der Waals surface area contributed by atoms with Gasteiger partial charge in [0.2, 0.25) is 5.96 Å². The third kappa shape index (κ3) is 5.62. The number of halogens is 2. The van der Waals surface area contributed by atoms with Gasteiger partial charge in [-0.3, -0.25) is 15.3 Å². The molecule has 0 bridgehead atoms. The van der Waals surface area contributed by atoms with E-state index in [0.29, 0.717) is 34.3 Å². The summed E-state index contributed by atoms with van der Waals surface area (Å²) in [7, 11) is 0. The minimum absolute atomic E-state index is 0.366. The van der Waals surface area contributed by atoms with Crippen molar-refractivity contribution in [3.05, 3.63) is 28.2 Å². The van der Waals surface area contributed by atoms with Crippen molar-refractivity contribution in [3.63, 3.8) is 0 Å². The Kier molecular flexibility index (Phi) is 6.51. The molecule has 1 aliphatic rings. The SMILES string of the molecule is CC1CN(CCCN=C(NC#N)Nc2ccc(Cl)c(Cl)c2)C=N1. The van der Waals surface area contributed by atoms with Gasteiger partial charge < -0.3 is 10.2 Å². The molecule has 2 rings (SSSR count). The van der Waals surface area contributed by atoms with E-state index < -0.39 is 0 Å². The van der Waals surface area contributed by atoms with Crippen LogP contribution in [-0.2, 0) is 0 Å². The second-order valence-corrected chi connectivity index (χ2v) is 6.00. The summed E-state index contributed by atoms with van der Waals surface area (Å²) in [6.45, 7) is 4.53. The molecule has 0 spiro atoms. The van der Waals surface area contributed by atoms with E-state index in [1.807, 2.05) is 12.5 Å². The average Bonchev–Trinajstić information content (AvgIpc) is 2.93. The van der Waals surface area contributed by atoms with E-state index in [-0.39, 0.29) is 0 Å². The Morgan fingerprint density at radius 3 is 2.96 bits per heavy atom. The van der Waals surface area contributed by atoms with Gasteiger partial charge in [0.05, 0.1) is 22.4 Å². The molecule has 1 atom stereocenters. The monoisotopic (exact) mass is 352 g/mol. The number of nitriles is 1. The van der Waals surface area contributed by atoms with Gasteiger partial charge >= 0.3 is 0 Å². The lowest BCUT2D eigenvalue weighted by atomic mass is 10.3. The molecule has 23 heavy (non-hydrogen) atoms. The highest BCUT2D eigenvalue weighted by molar-refractivity contribution is 6.42. The van der Waals surface area contributed by atoms with Gasteiger partial charge in [0.1, 0.15) is 0 Å². The van der Waals surface area contributed by atoms with Crippen molar-refractivity contribution in [2.45, 2.75) is 19.4 Å². The van der Waals surface area contributed by atoms with Gasteiger partial charge in [0.15, 0.2) is 6.19 Å². The zero-order chi connectivity index (χ0) is 16.7. The summed E-state index contributed by atoms with van der Waals surface area (Å²) in [4.78, 5) is 10.8. The van der Waals surface area contributed by atoms with Gasteiger partial charge in [-0.05, 0) is 31.5 Å². The molecule has 122 valence electrons. The lowest BCUT2D eigenvalue weighted by Gasteiger charge is -2.14. The Morgan fingerprint density at radius 1 is 1.48 bits per heavy atom. The zero-order valence-corrected chi connectivity index (χ0v) is 14.3. The number of guanidine groups is 1. The highest BCUT2D eigenvalue weighted by Gasteiger charge is 2.11. The molecule has 0 saturated heterocycles. The first-order chi connectivity index (χ1) is 11.1. The lowest BCUT2D eigenvalue weighted by molar-refractivity contribution is 0.433. The maximum absolute atomic E-state index is 8.82. The number of hydrogen-bond donors (Lipinski definition) is 2. The molecule has 0 saturated carbocycles. The average molecular weight is 353 g/mol. The van der Waals surface area contributed by atoms with E-state index in [9.17, 15) is 0 Å². The third-order valence-corrected chi connectivity index (χ3v) is 3.95. The molecule has 1 unspecified atom stereocenters. The maximum atomic E-state index is 8.82. The first-order valence-electron chi connectivity index (χ1n) is 7.27. The van der Waals surface area contributed by atoms with Crippen molar-refractivity contribution in [2.24, 2.45) is 9.98 Å². The molecule has 1 aliphatic heterocycles. The summed E-state index contributed by atoms with van der Waals surface area (Å²) in [5, 5.41) is 15.3. The molecule has 0 aromatic heterocycles. The number of aliphatic imine (C=N–C) groups is 2. The number of anilines is 1. The van der Waals surface area contributed by atoms with Crippen LogP contribution in [-0.4, -0.2) is 42.9 Å². The third-order valence-electron chi connectivity index (χ3n) is 3.21. The first-order valence-corrected chi connectivity index (χ1v) is 8.03. The van der Waals surface area contributed by atoms with Crippen LogP contribution >= 0.6 is 23.2 Å². The Bertz CT molecular complexity index is 637. The van der Waals surface area contributed by atoms with Crippen molar-refractivity contribution in [3.8, 4) is 6.19 Å². The number of benzene rings is 1. The Hall–Kier alpha value is -1.97. The fourth-order valence-electron chi connectivity index (χ4n) is 2.13. The van der Waals surface area contributed by atoms with E-state index in [0.717, 1.165) is 19.5 Å². The molecule has 0 aliphatic carbocycles. The van der Waals surface area contributed by atoms with Crippen molar-refractivity contribution in [1.29, 1.82) is 5.26 Å². The van der Waals surface area contributed by atoms with Crippen LogP contribution in [0.1, 0.15) is 13.3 Å². The fourth-order valence-corrected chi connectivity index (χ4v) is 2.43. The molecule has 1 aromatic rings. The molecule has 1 heterocycles. The molecule has 0 fully saturated rings. The normalized spacial score (nSPS) is 17.2. The van der Waals surface area contributed by atoms with E-state index in [1.54, 1.807) is 18.2 Å². The van der Waals surface area contributed by atoms with Gasteiger partial charge in [-0.2, -0.15) is 5.26 Å². The van der Waals surface area contributed by atoms with Crippen LogP contribution in [0.15, 0.2) is 28.2 Å². The van der Waals surface area contributed by atoms with Gasteiger partial charge in [-0.15, -0.1) is 0 Å². The standard InChI is InChI=1S/C15H18Cl2N6/c1-11-8-23(10-21-11)6-2-5-19-15(20-9-18)22-12-3-4-13(16)14(17)7-12/h3-4,7,10-11H,2,5-6,8H2,1H3,(H2,19,20,22). The second kappa shape index (κ2) is 8.61. The van der Waals surface area contributed by atoms with Crippen LogP contribution in [0.25, 0.3) is 0 Å². The highest BCUT2D eigenvalue weighted by atomic mass is 35.5. The molecule has 2 N–H and O–H groups in total. The topological polar surface area (TPSA) is 75.8 Å². The summed E-state index contributed by atoms with van der Waals surface area (Å²) in [6.07, 6.45) is 4.63. The predicted octanol–water partition coefficient (Wildman–Crippen LogP) is 2.95. The maximum Gasteiger partial charge on any atom is 0.209 e. The zero-order valence-electron chi connectivity index (χ0n) is 12.8. The van der Waals surface area contributed by atoms with Crippen LogP contribution in [0, 0.1) is 11.5 Å². The van der Waals surface area contributed by atoms with E-state index in [1.165, 1.54) is 0 Å². The van der Waals surface area contributed by atoms with Crippen molar-refractivity contribution >= 4 is 41.2 Å². The van der Waals surface area contributed by atoms with Crippen molar-refractivity contribution in [1.82, 2.24) is 10.2 Å². The van der Waals surface area contributed by atoms with E-state index >= 15 is 0 Å². The van der Waals surface area contributed by atoms with Crippen LogP contribution in [0.5, 0.6) is 0 Å². The quantitative estimate of drug-likeness (QED) is 0.281. The summed E-state index contributed by atoms with van der Waals surface area (Å²) < 4.78 is 0. The van der Waals surface area contributed by atoms with Gasteiger partial charge in [-0.25, -0.2) is 0 Å². The largest absolute Gasteiger partial charge is 0.361 e. The van der Waals surface area contributed by atoms with Crippen LogP contribution in [0.3, 0.4) is 0 Å². The minimum Gasteiger partial charge on any atom is -0.361 e. The number of rotatable bonds is 5. The second-order valence-electron chi connectivity index (χ2n) is 5.18. The Morgan fingerprint density at radius 2 is 2.30 bits per heavy atom. The molecule has 1 aromatic carbocycles. The Balaban J connectivity index is 1.85. The minimum atomic E-state index is 0.366. The van der Waals surface area contributed by atoms with Gasteiger partial charge in [0.25, 0.3) is 0 Å². The molecule has 6 nitrogen and oxygen atoms in total. The summed E-state index contributed by atoms with van der Waals surface area (Å²) in [5.74, 6) is 0.384. The highest BCUT2D eigenvalue weighted by Crippen LogP contribution is 2.24. The molecule has 0 amide bonds. The smallest absolute Gasteiger partial charge is 0.209 e. The van der Waals surface area contributed by atoms with E-state index in [4.69, 9.17) is 28.5 Å². The fraction of sp³-hybridized carbons (Fsp3) is 0.400. The Labute approximate surface area is 145 Å². The first kappa shape index (κ1) is 17.4. The van der Waals surface area contributed by atoms with Crippen LogP contribution in [0.2, 0.25) is 10.0 Å². The molecular formula is C15H18Cl2N6. The summed E-state index contributed by atoms with van der Waals surface area (Å²) in [5.41, 5.74) is 0.710. The predicted molar refractivity (Wildman–Crippen MR) is 95.3 cm³/mol. The van der Waals surface area contributed by atoms with Gasteiger partial charge in [-0.1, -0.05) is 23.2 Å². The number of nitrogens with one attached hydrogen (secondary N) is 2. The number of hydrogen-bond acceptors (Lipinski definition) is 4. The van der Waals surface area contributed by atoms with Crippen molar-refractivity contribution < 1.29 is 0 Å². The lowest BCUT2D eigenvalue weighted by Crippen LogP contribution is -2.28. The molecular weight excluding hydrogens is 335 g/mol. The molecule has 0 radical (unpaired) electrons. The van der Waals surface area contributed by atoms with E-state index in [2.05, 4.69) is 32.4 Å². The van der Waals surface area contributed by atoms with Gasteiger partial charge in [0, 0.05) is 25.3 Å². The summed E-state index contributed by atoms with van der Waals surface area (Å²) in [6, 6.07) is 5.50. The number of nitrogens with zero attached hydrogens (tertiary/aromatic N) is 4. The van der Waals surface area contributed by atoms with Crippen molar-refractivity contribution in [2.75, 3.05) is 25.0 Å². The van der Waals surface area contributed by atoms with Crippen LogP contribution < -0.4 is 10.6 Å². The van der Waals surface area contributed by atoms with Crippen LogP contribution in [0.4, 0.5) is 5.69 Å².